The molecule has 0 aromatic heterocycles. The van der Waals surface area contributed by atoms with Crippen LogP contribution in [0.4, 0.5) is 0 Å². The number of methoxy groups -OCH3 is 1. The number of carbonyl (C=O) groups is 1. The van der Waals surface area contributed by atoms with Crippen LogP contribution in [0.3, 0.4) is 0 Å². The molecule has 1 atom stereocenters. The van der Waals surface area contributed by atoms with E-state index in [9.17, 15) is 4.79 Å². The monoisotopic (exact) mass is 436 g/mol. The SMILES string of the molecule is COc1ccc(C2=NN(C(=O)CN3CCN(C)CC3)[C@H](c3ccc4c(c3)OCO4)C2)cc1. The molecule has 0 unspecified atom stereocenters. The minimum atomic E-state index is -0.179. The van der Waals surface area contributed by atoms with E-state index in [1.807, 2.05) is 42.5 Å². The molecule has 0 radical (unpaired) electrons. The summed E-state index contributed by atoms with van der Waals surface area (Å²) in [5.41, 5.74) is 2.88. The second-order valence-corrected chi connectivity index (χ2v) is 8.43. The largest absolute Gasteiger partial charge is 0.497 e. The highest BCUT2D eigenvalue weighted by Crippen LogP contribution is 2.39. The molecule has 0 bridgehead atoms. The van der Waals surface area contributed by atoms with Gasteiger partial charge in [-0.1, -0.05) is 6.07 Å². The van der Waals surface area contributed by atoms with E-state index in [0.29, 0.717) is 18.7 Å². The first kappa shape index (κ1) is 20.8. The van der Waals surface area contributed by atoms with Crippen molar-refractivity contribution >= 4 is 11.6 Å². The van der Waals surface area contributed by atoms with Gasteiger partial charge in [-0.05, 0) is 54.6 Å². The van der Waals surface area contributed by atoms with Crippen LogP contribution in [0.1, 0.15) is 23.6 Å². The zero-order chi connectivity index (χ0) is 22.1. The van der Waals surface area contributed by atoms with Gasteiger partial charge < -0.3 is 19.1 Å². The number of piperazine rings is 1. The van der Waals surface area contributed by atoms with Crippen LogP contribution in [0, 0.1) is 0 Å². The Morgan fingerprint density at radius 1 is 1.06 bits per heavy atom. The lowest BCUT2D eigenvalue weighted by Crippen LogP contribution is -2.48. The first-order valence-corrected chi connectivity index (χ1v) is 10.9. The van der Waals surface area contributed by atoms with Crippen molar-refractivity contribution < 1.29 is 19.0 Å². The summed E-state index contributed by atoms with van der Waals surface area (Å²) in [5.74, 6) is 2.26. The van der Waals surface area contributed by atoms with Gasteiger partial charge in [-0.3, -0.25) is 9.69 Å². The first-order chi connectivity index (χ1) is 15.6. The highest BCUT2D eigenvalue weighted by atomic mass is 16.7. The van der Waals surface area contributed by atoms with Gasteiger partial charge in [0.25, 0.3) is 5.91 Å². The van der Waals surface area contributed by atoms with Gasteiger partial charge in [-0.25, -0.2) is 5.01 Å². The summed E-state index contributed by atoms with van der Waals surface area (Å²) in [6.07, 6.45) is 0.639. The number of hydrazone groups is 1. The summed E-state index contributed by atoms with van der Waals surface area (Å²) in [4.78, 5) is 17.9. The van der Waals surface area contributed by atoms with Crippen LogP contribution in [0.15, 0.2) is 47.6 Å². The van der Waals surface area contributed by atoms with Gasteiger partial charge in [-0.15, -0.1) is 0 Å². The molecule has 5 rings (SSSR count). The zero-order valence-corrected chi connectivity index (χ0v) is 18.5. The van der Waals surface area contributed by atoms with Crippen LogP contribution < -0.4 is 14.2 Å². The molecule has 32 heavy (non-hydrogen) atoms. The Hall–Kier alpha value is -3.10. The molecule has 2 aromatic rings. The Kier molecular flexibility index (Phi) is 5.71. The van der Waals surface area contributed by atoms with Crippen molar-refractivity contribution in [2.45, 2.75) is 12.5 Å². The van der Waals surface area contributed by atoms with E-state index in [0.717, 1.165) is 54.5 Å². The van der Waals surface area contributed by atoms with Crippen molar-refractivity contribution in [1.29, 1.82) is 0 Å². The van der Waals surface area contributed by atoms with Crippen LogP contribution in [0.2, 0.25) is 0 Å². The average Bonchev–Trinajstić information content (AvgIpc) is 3.47. The fourth-order valence-electron chi connectivity index (χ4n) is 4.35. The molecule has 0 N–H and O–H groups in total. The maximum Gasteiger partial charge on any atom is 0.257 e. The summed E-state index contributed by atoms with van der Waals surface area (Å²) in [6.45, 7) is 4.31. The van der Waals surface area contributed by atoms with Crippen molar-refractivity contribution in [3.05, 3.63) is 53.6 Å². The second kappa shape index (κ2) is 8.80. The smallest absolute Gasteiger partial charge is 0.257 e. The Morgan fingerprint density at radius 3 is 2.56 bits per heavy atom. The zero-order valence-electron chi connectivity index (χ0n) is 18.5. The van der Waals surface area contributed by atoms with Crippen LogP contribution >= 0.6 is 0 Å². The number of hydrogen-bond donors (Lipinski definition) is 0. The number of likely N-dealkylation sites (N-methyl/N-ethyl adjacent to an activating group) is 1. The third-order valence-electron chi connectivity index (χ3n) is 6.33. The predicted molar refractivity (Wildman–Crippen MR) is 120 cm³/mol. The molecule has 1 fully saturated rings. The standard InChI is InChI=1S/C24H28N4O4/c1-26-9-11-27(12-10-26)15-24(29)28-21(18-5-8-22-23(13-18)32-16-31-22)14-20(25-28)17-3-6-19(30-2)7-4-17/h3-8,13,21H,9-12,14-16H2,1-2H3/t21-/m0/s1. The molecule has 8 heteroatoms. The quantitative estimate of drug-likeness (QED) is 0.717. The molecule has 0 saturated carbocycles. The van der Waals surface area contributed by atoms with Crippen LogP contribution in [-0.4, -0.2) is 80.1 Å². The van der Waals surface area contributed by atoms with Crippen molar-refractivity contribution in [1.82, 2.24) is 14.8 Å². The fourth-order valence-corrected chi connectivity index (χ4v) is 4.35. The molecule has 0 aliphatic carbocycles. The van der Waals surface area contributed by atoms with Gasteiger partial charge in [0.1, 0.15) is 5.75 Å². The topological polar surface area (TPSA) is 66.8 Å². The first-order valence-electron chi connectivity index (χ1n) is 10.9. The van der Waals surface area contributed by atoms with E-state index in [1.165, 1.54) is 0 Å². The van der Waals surface area contributed by atoms with E-state index in [2.05, 4.69) is 16.8 Å². The minimum absolute atomic E-state index is 0.0146. The summed E-state index contributed by atoms with van der Waals surface area (Å²) in [7, 11) is 3.76. The number of fused-ring (bicyclic) bond motifs is 1. The maximum absolute atomic E-state index is 13.4. The van der Waals surface area contributed by atoms with Crippen molar-refractivity contribution in [3.8, 4) is 17.2 Å². The number of carbonyl (C=O) groups excluding carboxylic acids is 1. The van der Waals surface area contributed by atoms with Gasteiger partial charge >= 0.3 is 0 Å². The summed E-state index contributed by atoms with van der Waals surface area (Å²) >= 11 is 0. The van der Waals surface area contributed by atoms with Gasteiger partial charge in [0.2, 0.25) is 6.79 Å². The van der Waals surface area contributed by atoms with Gasteiger partial charge in [0, 0.05) is 32.6 Å². The number of amides is 1. The third kappa shape index (κ3) is 4.16. The average molecular weight is 437 g/mol. The number of hydrogen-bond acceptors (Lipinski definition) is 7. The Labute approximate surface area is 187 Å². The summed E-state index contributed by atoms with van der Waals surface area (Å²) in [5, 5.41) is 6.46. The molecule has 168 valence electrons. The molecule has 3 aliphatic rings. The lowest BCUT2D eigenvalue weighted by Gasteiger charge is -2.33. The molecule has 1 saturated heterocycles. The lowest BCUT2D eigenvalue weighted by atomic mass is 9.98. The second-order valence-electron chi connectivity index (χ2n) is 8.43. The van der Waals surface area contributed by atoms with E-state index in [4.69, 9.17) is 19.3 Å². The van der Waals surface area contributed by atoms with E-state index in [1.54, 1.807) is 12.1 Å². The van der Waals surface area contributed by atoms with E-state index < -0.39 is 0 Å². The van der Waals surface area contributed by atoms with Gasteiger partial charge in [0.05, 0.1) is 25.4 Å². The molecular weight excluding hydrogens is 408 g/mol. The van der Waals surface area contributed by atoms with Crippen LogP contribution in [-0.2, 0) is 4.79 Å². The van der Waals surface area contributed by atoms with E-state index >= 15 is 0 Å². The third-order valence-corrected chi connectivity index (χ3v) is 6.33. The fraction of sp³-hybridized carbons (Fsp3) is 0.417. The van der Waals surface area contributed by atoms with Crippen molar-refractivity contribution in [2.24, 2.45) is 5.10 Å². The predicted octanol–water partition coefficient (Wildman–Crippen LogP) is 2.35. The summed E-state index contributed by atoms with van der Waals surface area (Å²) < 4.78 is 16.3. The Bertz CT molecular complexity index is 1020. The van der Waals surface area contributed by atoms with Crippen molar-refractivity contribution in [3.63, 3.8) is 0 Å². The number of ether oxygens (including phenoxy) is 3. The molecule has 1 amide bonds. The number of benzene rings is 2. The van der Waals surface area contributed by atoms with Gasteiger partial charge in [-0.2, -0.15) is 5.10 Å². The van der Waals surface area contributed by atoms with Gasteiger partial charge in [0.15, 0.2) is 11.5 Å². The highest BCUT2D eigenvalue weighted by molar-refractivity contribution is 6.03. The molecule has 3 heterocycles. The van der Waals surface area contributed by atoms with Crippen LogP contribution in [0.5, 0.6) is 17.2 Å². The molecular formula is C24H28N4O4. The molecule has 2 aromatic carbocycles. The Morgan fingerprint density at radius 2 is 1.81 bits per heavy atom. The summed E-state index contributed by atoms with van der Waals surface area (Å²) in [6, 6.07) is 13.5. The molecule has 3 aliphatic heterocycles. The lowest BCUT2D eigenvalue weighted by molar-refractivity contribution is -0.134. The normalized spacial score (nSPS) is 21.0. The van der Waals surface area contributed by atoms with E-state index in [-0.39, 0.29) is 18.7 Å². The minimum Gasteiger partial charge on any atom is -0.497 e. The highest BCUT2D eigenvalue weighted by Gasteiger charge is 2.35. The molecule has 8 nitrogen and oxygen atoms in total. The molecule has 0 spiro atoms. The number of rotatable bonds is 5. The van der Waals surface area contributed by atoms with Crippen LogP contribution in [0.25, 0.3) is 0 Å². The Balaban J connectivity index is 1.41. The van der Waals surface area contributed by atoms with Crippen molar-refractivity contribution in [2.75, 3.05) is 53.7 Å². The number of nitrogens with zero attached hydrogens (tertiary/aromatic N) is 4. The maximum atomic E-state index is 13.4.